The number of amides is 1. The lowest BCUT2D eigenvalue weighted by Crippen LogP contribution is -2.34. The summed E-state index contributed by atoms with van der Waals surface area (Å²) >= 11 is 6.20. The van der Waals surface area contributed by atoms with Crippen LogP contribution in [0.2, 0.25) is 5.02 Å². The Balaban J connectivity index is 1.41. The second-order valence-corrected chi connectivity index (χ2v) is 7.45. The molecular weight excluding hydrogens is 414 g/mol. The van der Waals surface area contributed by atoms with Crippen LogP contribution in [0.4, 0.5) is 8.78 Å². The van der Waals surface area contributed by atoms with Crippen molar-refractivity contribution in [3.8, 4) is 5.75 Å². The number of rotatable bonds is 6. The molecule has 1 saturated heterocycles. The summed E-state index contributed by atoms with van der Waals surface area (Å²) in [6, 6.07) is 10.1. The molecule has 8 heteroatoms. The number of carbonyl (C=O) groups is 1. The molecule has 2 aromatic carbocycles. The van der Waals surface area contributed by atoms with E-state index in [4.69, 9.17) is 20.8 Å². The molecule has 4 rings (SSSR count). The Morgan fingerprint density at radius 2 is 2.10 bits per heavy atom. The van der Waals surface area contributed by atoms with Gasteiger partial charge in [-0.1, -0.05) is 29.8 Å². The van der Waals surface area contributed by atoms with E-state index >= 15 is 0 Å². The maximum absolute atomic E-state index is 13.7. The summed E-state index contributed by atoms with van der Waals surface area (Å²) < 4.78 is 37.8. The van der Waals surface area contributed by atoms with Crippen molar-refractivity contribution < 1.29 is 22.7 Å². The number of oxazole rings is 1. The highest BCUT2D eigenvalue weighted by Gasteiger charge is 2.33. The first-order valence-corrected chi connectivity index (χ1v) is 9.94. The monoisotopic (exact) mass is 432 g/mol. The van der Waals surface area contributed by atoms with Crippen LogP contribution in [0.1, 0.15) is 36.1 Å². The largest absolute Gasteiger partial charge is 0.481 e. The predicted octanol–water partition coefficient (Wildman–Crippen LogP) is 4.94. The van der Waals surface area contributed by atoms with Crippen LogP contribution in [0.5, 0.6) is 5.75 Å². The van der Waals surface area contributed by atoms with Crippen LogP contribution >= 0.6 is 11.6 Å². The Hall–Kier alpha value is -2.93. The molecule has 1 fully saturated rings. The zero-order valence-electron chi connectivity index (χ0n) is 16.0. The van der Waals surface area contributed by atoms with Gasteiger partial charge in [0.05, 0.1) is 6.20 Å². The fourth-order valence-corrected chi connectivity index (χ4v) is 3.73. The molecule has 2 heterocycles. The van der Waals surface area contributed by atoms with Crippen molar-refractivity contribution in [1.82, 2.24) is 9.88 Å². The molecule has 3 aromatic rings. The molecule has 1 atom stereocenters. The van der Waals surface area contributed by atoms with Gasteiger partial charge in [0.25, 0.3) is 5.91 Å². The zero-order chi connectivity index (χ0) is 21.1. The standard InChI is InChI=1S/C22H19ClF2N2O3/c23-17-5-2-1-4-14(17)10-16-12-26-22(30-16)19-6-3-9-27(19)21(28)13-29-20-8-7-15(24)11-18(20)25/h1-2,4-5,7-8,11-12,19H,3,6,9-10,13H2/t19-/m1/s1. The highest BCUT2D eigenvalue weighted by atomic mass is 35.5. The van der Waals surface area contributed by atoms with Gasteiger partial charge < -0.3 is 14.1 Å². The molecule has 30 heavy (non-hydrogen) atoms. The SMILES string of the molecule is O=C(COc1ccc(F)cc1F)N1CCC[C@@H]1c1ncc(Cc2ccccc2Cl)o1. The molecule has 1 aromatic heterocycles. The van der Waals surface area contributed by atoms with Crippen molar-refractivity contribution >= 4 is 17.5 Å². The van der Waals surface area contributed by atoms with Crippen LogP contribution in [-0.2, 0) is 11.2 Å². The molecule has 0 N–H and O–H groups in total. The molecule has 1 aliphatic rings. The van der Waals surface area contributed by atoms with E-state index in [1.54, 1.807) is 11.1 Å². The molecule has 0 radical (unpaired) electrons. The van der Waals surface area contributed by atoms with Gasteiger partial charge >= 0.3 is 0 Å². The summed E-state index contributed by atoms with van der Waals surface area (Å²) in [6.07, 6.45) is 3.65. The molecule has 1 amide bonds. The third kappa shape index (κ3) is 4.46. The van der Waals surface area contributed by atoms with Crippen LogP contribution < -0.4 is 4.74 Å². The summed E-state index contributed by atoms with van der Waals surface area (Å²) in [6.45, 7) is 0.174. The van der Waals surface area contributed by atoms with Crippen LogP contribution in [0.3, 0.4) is 0 Å². The molecule has 1 aliphatic heterocycles. The second kappa shape index (κ2) is 8.83. The quantitative estimate of drug-likeness (QED) is 0.553. The Morgan fingerprint density at radius 1 is 1.27 bits per heavy atom. The lowest BCUT2D eigenvalue weighted by atomic mass is 10.1. The van der Waals surface area contributed by atoms with E-state index in [2.05, 4.69) is 4.98 Å². The summed E-state index contributed by atoms with van der Waals surface area (Å²) in [5.41, 5.74) is 0.927. The van der Waals surface area contributed by atoms with E-state index in [9.17, 15) is 13.6 Å². The number of likely N-dealkylation sites (tertiary alicyclic amines) is 1. The Bertz CT molecular complexity index is 1060. The maximum Gasteiger partial charge on any atom is 0.261 e. The molecule has 0 spiro atoms. The third-order valence-electron chi connectivity index (χ3n) is 5.00. The van der Waals surface area contributed by atoms with Crippen LogP contribution in [0.15, 0.2) is 53.1 Å². The van der Waals surface area contributed by atoms with Crippen molar-refractivity contribution in [3.63, 3.8) is 0 Å². The normalized spacial score (nSPS) is 16.1. The number of aromatic nitrogens is 1. The van der Waals surface area contributed by atoms with Gasteiger partial charge in [0, 0.05) is 24.1 Å². The number of nitrogens with zero attached hydrogens (tertiary/aromatic N) is 2. The van der Waals surface area contributed by atoms with Crippen LogP contribution in [-0.4, -0.2) is 28.9 Å². The number of ether oxygens (including phenoxy) is 1. The minimum atomic E-state index is -0.849. The molecular formula is C22H19ClF2N2O3. The number of hydrogen-bond donors (Lipinski definition) is 0. The average molecular weight is 433 g/mol. The van der Waals surface area contributed by atoms with Gasteiger partial charge in [-0.2, -0.15) is 0 Å². The topological polar surface area (TPSA) is 55.6 Å². The maximum atomic E-state index is 13.7. The first-order valence-electron chi connectivity index (χ1n) is 9.56. The summed E-state index contributed by atoms with van der Waals surface area (Å²) in [5.74, 6) is -0.927. The van der Waals surface area contributed by atoms with Crippen molar-refractivity contribution in [2.24, 2.45) is 0 Å². The van der Waals surface area contributed by atoms with Gasteiger partial charge in [0.15, 0.2) is 18.2 Å². The smallest absolute Gasteiger partial charge is 0.261 e. The van der Waals surface area contributed by atoms with Crippen molar-refractivity contribution in [2.45, 2.75) is 25.3 Å². The predicted molar refractivity (Wildman–Crippen MR) is 106 cm³/mol. The highest BCUT2D eigenvalue weighted by molar-refractivity contribution is 6.31. The number of carbonyl (C=O) groups excluding carboxylic acids is 1. The fourth-order valence-electron chi connectivity index (χ4n) is 3.52. The Labute approximate surface area is 177 Å². The summed E-state index contributed by atoms with van der Waals surface area (Å²) in [5, 5.41) is 0.651. The van der Waals surface area contributed by atoms with Gasteiger partial charge in [-0.3, -0.25) is 4.79 Å². The van der Waals surface area contributed by atoms with Crippen molar-refractivity contribution in [3.05, 3.63) is 82.5 Å². The Morgan fingerprint density at radius 3 is 2.90 bits per heavy atom. The molecule has 0 aliphatic carbocycles. The molecule has 156 valence electrons. The molecule has 0 unspecified atom stereocenters. The molecule has 0 saturated carbocycles. The second-order valence-electron chi connectivity index (χ2n) is 7.04. The van der Waals surface area contributed by atoms with Gasteiger partial charge in [-0.15, -0.1) is 0 Å². The van der Waals surface area contributed by atoms with E-state index in [0.717, 1.165) is 24.1 Å². The average Bonchev–Trinajstić information content (AvgIpc) is 3.38. The van der Waals surface area contributed by atoms with E-state index in [1.165, 1.54) is 0 Å². The first kappa shape index (κ1) is 20.3. The zero-order valence-corrected chi connectivity index (χ0v) is 16.7. The van der Waals surface area contributed by atoms with Crippen LogP contribution in [0.25, 0.3) is 0 Å². The number of benzene rings is 2. The van der Waals surface area contributed by atoms with Gasteiger partial charge in [-0.25, -0.2) is 13.8 Å². The van der Waals surface area contributed by atoms with E-state index in [-0.39, 0.29) is 24.3 Å². The van der Waals surface area contributed by atoms with Gasteiger partial charge in [0.2, 0.25) is 5.89 Å². The highest BCUT2D eigenvalue weighted by Crippen LogP contribution is 2.32. The van der Waals surface area contributed by atoms with E-state index < -0.39 is 11.6 Å². The first-order chi connectivity index (χ1) is 14.5. The number of halogens is 3. The van der Waals surface area contributed by atoms with Gasteiger partial charge in [0.1, 0.15) is 17.6 Å². The Kier molecular flexibility index (Phi) is 5.99. The van der Waals surface area contributed by atoms with Crippen molar-refractivity contribution in [1.29, 1.82) is 0 Å². The molecule has 5 nitrogen and oxygen atoms in total. The number of hydrogen-bond acceptors (Lipinski definition) is 4. The lowest BCUT2D eigenvalue weighted by Gasteiger charge is -2.22. The summed E-state index contributed by atoms with van der Waals surface area (Å²) in [4.78, 5) is 18.6. The van der Waals surface area contributed by atoms with Crippen LogP contribution in [0, 0.1) is 11.6 Å². The summed E-state index contributed by atoms with van der Waals surface area (Å²) in [7, 11) is 0. The molecule has 0 bridgehead atoms. The minimum Gasteiger partial charge on any atom is -0.481 e. The van der Waals surface area contributed by atoms with Crippen molar-refractivity contribution in [2.75, 3.05) is 13.2 Å². The van der Waals surface area contributed by atoms with E-state index in [0.29, 0.717) is 42.1 Å². The van der Waals surface area contributed by atoms with Gasteiger partial charge in [-0.05, 0) is 36.6 Å². The third-order valence-corrected chi connectivity index (χ3v) is 5.37. The lowest BCUT2D eigenvalue weighted by molar-refractivity contribution is -0.134. The fraction of sp³-hybridized carbons (Fsp3) is 0.273. The minimum absolute atomic E-state index is 0.168. The van der Waals surface area contributed by atoms with E-state index in [1.807, 2.05) is 24.3 Å².